The second kappa shape index (κ2) is 8.14. The zero-order valence-electron chi connectivity index (χ0n) is 14.0. The van der Waals surface area contributed by atoms with Crippen LogP contribution in [-0.4, -0.2) is 48.6 Å². The van der Waals surface area contributed by atoms with Gasteiger partial charge in [0.05, 0.1) is 0 Å². The van der Waals surface area contributed by atoms with Crippen LogP contribution in [0.1, 0.15) is 59.3 Å². The van der Waals surface area contributed by atoms with Crippen LogP contribution >= 0.6 is 0 Å². The Kier molecular flexibility index (Phi) is 6.49. The third kappa shape index (κ3) is 5.26. The van der Waals surface area contributed by atoms with Crippen molar-refractivity contribution in [1.82, 2.24) is 15.5 Å². The number of amides is 1. The Morgan fingerprint density at radius 1 is 1.19 bits per heavy atom. The molecule has 4 heteroatoms. The minimum absolute atomic E-state index is 0.130. The molecule has 2 aliphatic heterocycles. The molecule has 0 bridgehead atoms. The predicted molar refractivity (Wildman–Crippen MR) is 87.3 cm³/mol. The first-order chi connectivity index (χ1) is 10.1. The van der Waals surface area contributed by atoms with E-state index in [0.717, 1.165) is 25.9 Å². The van der Waals surface area contributed by atoms with Gasteiger partial charge in [0.2, 0.25) is 5.91 Å². The first-order valence-electron chi connectivity index (χ1n) is 8.84. The lowest BCUT2D eigenvalue weighted by atomic mass is 9.97. The van der Waals surface area contributed by atoms with Crippen LogP contribution in [0.25, 0.3) is 0 Å². The number of piperidine rings is 2. The monoisotopic (exact) mass is 295 g/mol. The molecule has 2 saturated heterocycles. The Morgan fingerprint density at radius 2 is 1.90 bits per heavy atom. The van der Waals surface area contributed by atoms with Crippen LogP contribution in [0.3, 0.4) is 0 Å². The smallest absolute Gasteiger partial charge is 0.225 e. The van der Waals surface area contributed by atoms with Crippen molar-refractivity contribution < 1.29 is 4.79 Å². The Balaban J connectivity index is 1.66. The van der Waals surface area contributed by atoms with Gasteiger partial charge in [0, 0.05) is 37.1 Å². The number of rotatable bonds is 5. The third-order valence-electron chi connectivity index (χ3n) is 4.87. The maximum atomic E-state index is 12.0. The van der Waals surface area contributed by atoms with Crippen LogP contribution in [0, 0.1) is 5.92 Å². The van der Waals surface area contributed by atoms with Crippen LogP contribution in [0.5, 0.6) is 0 Å². The van der Waals surface area contributed by atoms with Crippen molar-refractivity contribution in [2.45, 2.75) is 77.4 Å². The van der Waals surface area contributed by atoms with Crippen LogP contribution in [0.2, 0.25) is 0 Å². The summed E-state index contributed by atoms with van der Waals surface area (Å²) in [6, 6.07) is 1.85. The minimum atomic E-state index is 0.130. The number of carbonyl (C=O) groups excluding carboxylic acids is 1. The lowest BCUT2D eigenvalue weighted by molar-refractivity contribution is -0.135. The van der Waals surface area contributed by atoms with Crippen LogP contribution in [0.15, 0.2) is 0 Å². The number of nitrogens with one attached hydrogen (secondary N) is 2. The molecular weight excluding hydrogens is 262 g/mol. The molecule has 4 nitrogen and oxygen atoms in total. The highest BCUT2D eigenvalue weighted by atomic mass is 16.2. The molecule has 2 unspecified atom stereocenters. The second-order valence-electron chi connectivity index (χ2n) is 7.20. The van der Waals surface area contributed by atoms with E-state index in [0.29, 0.717) is 24.0 Å². The van der Waals surface area contributed by atoms with Crippen LogP contribution in [0.4, 0.5) is 0 Å². The molecule has 0 aromatic carbocycles. The molecule has 2 heterocycles. The van der Waals surface area contributed by atoms with E-state index in [1.54, 1.807) is 0 Å². The summed E-state index contributed by atoms with van der Waals surface area (Å²) in [4.78, 5) is 14.0. The minimum Gasteiger partial charge on any atom is -0.342 e. The van der Waals surface area contributed by atoms with E-state index in [1.165, 1.54) is 32.2 Å². The number of hydrogen-bond donors (Lipinski definition) is 2. The van der Waals surface area contributed by atoms with E-state index in [4.69, 9.17) is 0 Å². The molecule has 2 fully saturated rings. The van der Waals surface area contributed by atoms with Gasteiger partial charge in [-0.1, -0.05) is 20.3 Å². The van der Waals surface area contributed by atoms with E-state index < -0.39 is 0 Å². The fourth-order valence-electron chi connectivity index (χ4n) is 3.65. The molecule has 2 aliphatic rings. The molecule has 2 rings (SSSR count). The zero-order valence-corrected chi connectivity index (χ0v) is 14.0. The topological polar surface area (TPSA) is 44.4 Å². The predicted octanol–water partition coefficient (Wildman–Crippen LogP) is 2.14. The van der Waals surface area contributed by atoms with Crippen molar-refractivity contribution in [2.24, 2.45) is 5.92 Å². The number of likely N-dealkylation sites (tertiary alicyclic amines) is 1. The average Bonchev–Trinajstić information content (AvgIpc) is 2.48. The lowest BCUT2D eigenvalue weighted by Crippen LogP contribution is -2.49. The Bertz CT molecular complexity index is 318. The molecule has 2 atom stereocenters. The van der Waals surface area contributed by atoms with E-state index in [1.807, 2.05) is 18.7 Å². The van der Waals surface area contributed by atoms with Crippen LogP contribution in [-0.2, 0) is 4.79 Å². The van der Waals surface area contributed by atoms with Crippen LogP contribution < -0.4 is 10.6 Å². The molecule has 0 aromatic heterocycles. The molecule has 0 aliphatic carbocycles. The summed E-state index contributed by atoms with van der Waals surface area (Å²) in [7, 11) is 0. The zero-order chi connectivity index (χ0) is 15.2. The quantitative estimate of drug-likeness (QED) is 0.817. The third-order valence-corrected chi connectivity index (χ3v) is 4.87. The van der Waals surface area contributed by atoms with E-state index in [9.17, 15) is 4.79 Å². The summed E-state index contributed by atoms with van der Waals surface area (Å²) < 4.78 is 0. The van der Waals surface area contributed by atoms with E-state index in [-0.39, 0.29) is 5.92 Å². The molecule has 0 spiro atoms. The molecule has 0 radical (unpaired) electrons. The number of nitrogens with zero attached hydrogens (tertiary/aromatic N) is 1. The Hall–Kier alpha value is -0.610. The highest BCUT2D eigenvalue weighted by molar-refractivity contribution is 5.78. The normalized spacial score (nSPS) is 26.1. The first kappa shape index (κ1) is 16.8. The maximum Gasteiger partial charge on any atom is 0.225 e. The number of carbonyl (C=O) groups is 1. The molecule has 0 aromatic rings. The van der Waals surface area contributed by atoms with Gasteiger partial charge in [0.25, 0.3) is 0 Å². The molecule has 122 valence electrons. The van der Waals surface area contributed by atoms with Gasteiger partial charge in [-0.2, -0.15) is 0 Å². The van der Waals surface area contributed by atoms with Crippen molar-refractivity contribution >= 4 is 5.91 Å². The summed E-state index contributed by atoms with van der Waals surface area (Å²) in [5, 5.41) is 7.41. The molecule has 0 saturated carbocycles. The highest BCUT2D eigenvalue weighted by Gasteiger charge is 2.25. The number of hydrogen-bond acceptors (Lipinski definition) is 3. The largest absolute Gasteiger partial charge is 0.342 e. The Morgan fingerprint density at radius 3 is 2.48 bits per heavy atom. The standard InChI is InChI=1S/C17H33N3O/c1-13(2)17(21)20-10-7-15(8-11-20)19-14(3)12-16-6-4-5-9-18-16/h13-16,18-19H,4-12H2,1-3H3. The summed E-state index contributed by atoms with van der Waals surface area (Å²) in [6.07, 6.45) is 7.46. The van der Waals surface area contributed by atoms with Gasteiger partial charge in [-0.05, 0) is 45.6 Å². The maximum absolute atomic E-state index is 12.0. The van der Waals surface area contributed by atoms with Gasteiger partial charge in [0.15, 0.2) is 0 Å². The van der Waals surface area contributed by atoms with Gasteiger partial charge in [-0.15, -0.1) is 0 Å². The van der Waals surface area contributed by atoms with Crippen molar-refractivity contribution in [1.29, 1.82) is 0 Å². The fourth-order valence-corrected chi connectivity index (χ4v) is 3.65. The van der Waals surface area contributed by atoms with Gasteiger partial charge in [0.1, 0.15) is 0 Å². The van der Waals surface area contributed by atoms with Gasteiger partial charge in [-0.25, -0.2) is 0 Å². The van der Waals surface area contributed by atoms with E-state index >= 15 is 0 Å². The summed E-state index contributed by atoms with van der Waals surface area (Å²) in [6.45, 7) is 9.32. The molecule has 21 heavy (non-hydrogen) atoms. The summed E-state index contributed by atoms with van der Waals surface area (Å²) in [5.74, 6) is 0.443. The van der Waals surface area contributed by atoms with Crippen molar-refractivity contribution in [3.05, 3.63) is 0 Å². The first-order valence-corrected chi connectivity index (χ1v) is 8.84. The summed E-state index contributed by atoms with van der Waals surface area (Å²) in [5.41, 5.74) is 0. The van der Waals surface area contributed by atoms with Gasteiger partial charge in [-0.3, -0.25) is 4.79 Å². The van der Waals surface area contributed by atoms with Crippen molar-refractivity contribution in [3.8, 4) is 0 Å². The Labute approximate surface area is 130 Å². The average molecular weight is 295 g/mol. The fraction of sp³-hybridized carbons (Fsp3) is 0.941. The summed E-state index contributed by atoms with van der Waals surface area (Å²) >= 11 is 0. The SMILES string of the molecule is CC(CC1CCCCN1)NC1CCN(C(=O)C(C)C)CC1. The van der Waals surface area contributed by atoms with E-state index in [2.05, 4.69) is 17.6 Å². The van der Waals surface area contributed by atoms with Crippen molar-refractivity contribution in [2.75, 3.05) is 19.6 Å². The van der Waals surface area contributed by atoms with Gasteiger partial charge >= 0.3 is 0 Å². The van der Waals surface area contributed by atoms with Crippen molar-refractivity contribution in [3.63, 3.8) is 0 Å². The lowest BCUT2D eigenvalue weighted by Gasteiger charge is -2.35. The van der Waals surface area contributed by atoms with Gasteiger partial charge < -0.3 is 15.5 Å². The molecular formula is C17H33N3O. The highest BCUT2D eigenvalue weighted by Crippen LogP contribution is 2.16. The molecule has 2 N–H and O–H groups in total. The molecule has 1 amide bonds. The second-order valence-corrected chi connectivity index (χ2v) is 7.20.